The third-order valence-electron chi connectivity index (χ3n) is 2.60. The molecule has 0 N–H and O–H groups in total. The summed E-state index contributed by atoms with van der Waals surface area (Å²) in [5.74, 6) is 0.325. The zero-order valence-electron chi connectivity index (χ0n) is 12.9. The molecule has 106 valence electrons. The molecule has 0 aromatic rings. The van der Waals surface area contributed by atoms with Crippen LogP contribution in [0.2, 0.25) is 0 Å². The smallest absolute Gasteiger partial charge is 0.305 e. The van der Waals surface area contributed by atoms with Gasteiger partial charge < -0.3 is 9.47 Å². The van der Waals surface area contributed by atoms with Crippen LogP contribution in [0.4, 0.5) is 0 Å². The minimum absolute atomic E-state index is 0.0303. The average molecular weight is 256 g/mol. The minimum Gasteiger partial charge on any atom is -0.463 e. The van der Waals surface area contributed by atoms with Crippen molar-refractivity contribution in [3.63, 3.8) is 0 Å². The van der Waals surface area contributed by atoms with Crippen molar-refractivity contribution in [3.05, 3.63) is 11.6 Å². The second kappa shape index (κ2) is 7.57. The first-order chi connectivity index (χ1) is 8.18. The second-order valence-corrected chi connectivity index (χ2v) is 5.69. The molecule has 0 saturated carbocycles. The molecule has 0 saturated heterocycles. The molecule has 1 atom stereocenters. The lowest BCUT2D eigenvalue weighted by Crippen LogP contribution is -2.35. The summed E-state index contributed by atoms with van der Waals surface area (Å²) in [6.07, 6.45) is 2.62. The van der Waals surface area contributed by atoms with Crippen molar-refractivity contribution >= 4 is 5.97 Å². The van der Waals surface area contributed by atoms with E-state index in [2.05, 4.69) is 26.8 Å². The lowest BCUT2D eigenvalue weighted by Gasteiger charge is -2.29. The van der Waals surface area contributed by atoms with Gasteiger partial charge in [-0.15, -0.1) is 0 Å². The van der Waals surface area contributed by atoms with Crippen LogP contribution in [-0.4, -0.2) is 24.3 Å². The summed E-state index contributed by atoms with van der Waals surface area (Å²) in [7, 11) is 0. The van der Waals surface area contributed by atoms with Crippen LogP contribution >= 0.6 is 0 Å². The van der Waals surface area contributed by atoms with Gasteiger partial charge in [0.2, 0.25) is 0 Å². The van der Waals surface area contributed by atoms with E-state index < -0.39 is 5.60 Å². The summed E-state index contributed by atoms with van der Waals surface area (Å²) in [5.41, 5.74) is 0.746. The van der Waals surface area contributed by atoms with Crippen molar-refractivity contribution in [2.45, 2.75) is 66.6 Å². The fourth-order valence-electron chi connectivity index (χ4n) is 1.62. The molecule has 0 aliphatic carbocycles. The predicted octanol–water partition coefficient (Wildman–Crippen LogP) is 3.73. The molecule has 0 aromatic heterocycles. The Kier molecular flexibility index (Phi) is 7.22. The fourth-order valence-corrected chi connectivity index (χ4v) is 1.62. The third kappa shape index (κ3) is 7.49. The Hall–Kier alpha value is -0.830. The number of rotatable bonds is 7. The number of ether oxygens (including phenoxy) is 2. The zero-order valence-corrected chi connectivity index (χ0v) is 12.9. The van der Waals surface area contributed by atoms with Gasteiger partial charge >= 0.3 is 5.97 Å². The summed E-state index contributed by atoms with van der Waals surface area (Å²) >= 11 is 0. The summed E-state index contributed by atoms with van der Waals surface area (Å²) < 4.78 is 11.1. The van der Waals surface area contributed by atoms with Gasteiger partial charge in [-0.25, -0.2) is 0 Å². The second-order valence-electron chi connectivity index (χ2n) is 5.69. The minimum atomic E-state index is -0.462. The van der Waals surface area contributed by atoms with E-state index >= 15 is 0 Å². The Morgan fingerprint density at radius 1 is 1.28 bits per heavy atom. The van der Waals surface area contributed by atoms with Gasteiger partial charge in [-0.3, -0.25) is 4.79 Å². The molecule has 0 aromatic carbocycles. The highest BCUT2D eigenvalue weighted by Crippen LogP contribution is 2.18. The lowest BCUT2D eigenvalue weighted by molar-refractivity contribution is -0.155. The van der Waals surface area contributed by atoms with Crippen molar-refractivity contribution in [3.8, 4) is 0 Å². The van der Waals surface area contributed by atoms with Gasteiger partial charge in [-0.2, -0.15) is 0 Å². The first kappa shape index (κ1) is 17.2. The Labute approximate surface area is 112 Å². The van der Waals surface area contributed by atoms with Gasteiger partial charge in [0.1, 0.15) is 6.61 Å². The number of hydrogen-bond acceptors (Lipinski definition) is 3. The first-order valence-corrected chi connectivity index (χ1v) is 6.69. The van der Waals surface area contributed by atoms with Gasteiger partial charge in [0.15, 0.2) is 0 Å². The Morgan fingerprint density at radius 3 is 2.28 bits per heavy atom. The molecular formula is C15H28O3. The summed E-state index contributed by atoms with van der Waals surface area (Å²) in [6, 6.07) is 0. The van der Waals surface area contributed by atoms with Crippen molar-refractivity contribution in [2.75, 3.05) is 6.61 Å². The number of esters is 1. The summed E-state index contributed by atoms with van der Waals surface area (Å²) in [6.45, 7) is 14.3. The van der Waals surface area contributed by atoms with E-state index in [1.54, 1.807) is 6.92 Å². The Bertz CT molecular complexity index is 290. The maximum absolute atomic E-state index is 11.1. The van der Waals surface area contributed by atoms with Crippen LogP contribution in [0, 0.1) is 5.92 Å². The number of allylic oxidation sites excluding steroid dienone is 1. The van der Waals surface area contributed by atoms with Crippen LogP contribution < -0.4 is 0 Å². The van der Waals surface area contributed by atoms with Crippen LogP contribution in [-0.2, 0) is 14.3 Å². The highest BCUT2D eigenvalue weighted by Gasteiger charge is 2.24. The molecule has 0 amide bonds. The maximum atomic E-state index is 11.1. The van der Waals surface area contributed by atoms with Gasteiger partial charge in [-0.05, 0) is 39.2 Å². The molecule has 0 radical (unpaired) electrons. The van der Waals surface area contributed by atoms with Crippen molar-refractivity contribution in [2.24, 2.45) is 5.92 Å². The lowest BCUT2D eigenvalue weighted by atomic mass is 10.1. The highest BCUT2D eigenvalue weighted by atomic mass is 16.6. The van der Waals surface area contributed by atoms with Crippen LogP contribution in [0.1, 0.15) is 54.9 Å². The number of carbonyl (C=O) groups excluding carboxylic acids is 1. The topological polar surface area (TPSA) is 35.5 Å². The third-order valence-corrected chi connectivity index (χ3v) is 2.60. The highest BCUT2D eigenvalue weighted by molar-refractivity contribution is 5.68. The number of hydrogen-bond donors (Lipinski definition) is 0. The molecule has 0 fully saturated rings. The van der Waals surface area contributed by atoms with Crippen molar-refractivity contribution in [1.82, 2.24) is 0 Å². The summed E-state index contributed by atoms with van der Waals surface area (Å²) in [4.78, 5) is 11.1. The first-order valence-electron chi connectivity index (χ1n) is 6.69. The van der Waals surface area contributed by atoms with Crippen LogP contribution in [0.25, 0.3) is 0 Å². The molecule has 0 bridgehead atoms. The van der Waals surface area contributed by atoms with E-state index in [1.165, 1.54) is 5.57 Å². The molecule has 0 aliphatic heterocycles. The summed E-state index contributed by atoms with van der Waals surface area (Å²) in [5, 5.41) is 0. The van der Waals surface area contributed by atoms with Crippen LogP contribution in [0.3, 0.4) is 0 Å². The maximum Gasteiger partial charge on any atom is 0.305 e. The van der Waals surface area contributed by atoms with E-state index in [4.69, 9.17) is 9.47 Å². The van der Waals surface area contributed by atoms with E-state index in [-0.39, 0.29) is 12.1 Å². The Balaban J connectivity index is 4.34. The van der Waals surface area contributed by atoms with E-state index in [1.807, 2.05) is 20.8 Å². The van der Waals surface area contributed by atoms with Gasteiger partial charge in [-0.1, -0.05) is 26.8 Å². The number of carbonyl (C=O) groups is 1. The quantitative estimate of drug-likeness (QED) is 0.514. The molecular weight excluding hydrogens is 228 g/mol. The van der Waals surface area contributed by atoms with Gasteiger partial charge in [0, 0.05) is 6.42 Å². The largest absolute Gasteiger partial charge is 0.463 e. The molecule has 0 rings (SSSR count). The van der Waals surface area contributed by atoms with Crippen molar-refractivity contribution < 1.29 is 14.3 Å². The normalized spacial score (nSPS) is 14.8. The predicted molar refractivity (Wildman–Crippen MR) is 74.5 cm³/mol. The van der Waals surface area contributed by atoms with Crippen LogP contribution in [0.5, 0.6) is 0 Å². The fraction of sp³-hybridized carbons (Fsp3) is 0.800. The molecule has 0 aliphatic rings. The van der Waals surface area contributed by atoms with Gasteiger partial charge in [0.05, 0.1) is 11.7 Å². The van der Waals surface area contributed by atoms with Crippen molar-refractivity contribution in [1.29, 1.82) is 0 Å². The van der Waals surface area contributed by atoms with Crippen LogP contribution in [0.15, 0.2) is 11.6 Å². The molecule has 0 spiro atoms. The molecule has 0 heterocycles. The molecule has 1 unspecified atom stereocenters. The van der Waals surface area contributed by atoms with E-state index in [0.29, 0.717) is 18.9 Å². The van der Waals surface area contributed by atoms with E-state index in [9.17, 15) is 4.79 Å². The molecule has 3 heteroatoms. The van der Waals surface area contributed by atoms with Gasteiger partial charge in [0.25, 0.3) is 0 Å². The standard InChI is InChI=1S/C15H28O3/c1-8-14(16)17-10-15(6,7)18-13(5)12(4)9-11(2)3/h9,11,13H,8,10H2,1-7H3/b12-9+. The van der Waals surface area contributed by atoms with E-state index in [0.717, 1.165) is 0 Å². The molecule has 18 heavy (non-hydrogen) atoms. The average Bonchev–Trinajstić information content (AvgIpc) is 2.24. The monoisotopic (exact) mass is 256 g/mol. The SMILES string of the molecule is CCC(=O)OCC(C)(C)OC(C)/C(C)=C/C(C)C. The zero-order chi connectivity index (χ0) is 14.3. The molecule has 3 nitrogen and oxygen atoms in total. The Morgan fingerprint density at radius 2 is 1.83 bits per heavy atom.